The van der Waals surface area contributed by atoms with Gasteiger partial charge >= 0.3 is 6.18 Å². The smallest absolute Gasteiger partial charge is 0.406 e. The average molecular weight is 407 g/mol. The van der Waals surface area contributed by atoms with E-state index in [0.29, 0.717) is 27.0 Å². The predicted octanol–water partition coefficient (Wildman–Crippen LogP) is 5.47. The van der Waals surface area contributed by atoms with E-state index in [4.69, 9.17) is 21.3 Å². The fraction of sp³-hybridized carbons (Fsp3) is 0.200. The number of carbonyl (C=O) groups excluding carboxylic acids is 1. The number of nitriles is 1. The Balaban J connectivity index is 1.97. The van der Waals surface area contributed by atoms with Gasteiger partial charge in [0.1, 0.15) is 6.54 Å². The number of hydrogen-bond donors (Lipinski definition) is 0. The fourth-order valence-electron chi connectivity index (χ4n) is 2.88. The minimum atomic E-state index is -4.58. The topological polar surface area (TPSA) is 57.2 Å². The highest BCUT2D eigenvalue weighted by molar-refractivity contribution is 6.35. The van der Waals surface area contributed by atoms with E-state index < -0.39 is 18.6 Å². The number of fused-ring (bicyclic) bond motifs is 1. The maximum atomic E-state index is 13.1. The number of benzene rings is 2. The van der Waals surface area contributed by atoms with E-state index >= 15 is 0 Å². The first-order valence-corrected chi connectivity index (χ1v) is 8.60. The summed E-state index contributed by atoms with van der Waals surface area (Å²) in [5.74, 6) is -1.06. The molecular weight excluding hydrogens is 393 g/mol. The first-order valence-electron chi connectivity index (χ1n) is 8.22. The van der Waals surface area contributed by atoms with Gasteiger partial charge in [-0.15, -0.1) is 0 Å². The Bertz CT molecular complexity index is 1070. The molecule has 3 rings (SSSR count). The third kappa shape index (κ3) is 4.12. The van der Waals surface area contributed by atoms with Gasteiger partial charge in [0.05, 0.1) is 16.7 Å². The van der Waals surface area contributed by atoms with Crippen LogP contribution in [0.25, 0.3) is 11.0 Å². The molecule has 0 aliphatic heterocycles. The van der Waals surface area contributed by atoms with Gasteiger partial charge in [0.25, 0.3) is 5.91 Å². The number of aryl methyl sites for hydroxylation is 1. The van der Waals surface area contributed by atoms with Crippen LogP contribution in [-0.4, -0.2) is 23.5 Å². The molecule has 144 valence electrons. The van der Waals surface area contributed by atoms with E-state index in [1.807, 2.05) is 6.07 Å². The molecule has 0 saturated heterocycles. The third-order valence-corrected chi connectivity index (χ3v) is 4.52. The first-order chi connectivity index (χ1) is 13.2. The maximum absolute atomic E-state index is 13.1. The van der Waals surface area contributed by atoms with Crippen molar-refractivity contribution < 1.29 is 22.4 Å². The standard InChI is InChI=1S/C20H14ClF3N2O2/c1-12-15-3-2-4-16(21)18(15)28-17(12)19(27)26(11-20(22,23)24)10-14-7-5-13(9-25)6-8-14/h2-8H,10-11H2,1H3. The van der Waals surface area contributed by atoms with Gasteiger partial charge in [-0.2, -0.15) is 18.4 Å². The third-order valence-electron chi connectivity index (χ3n) is 4.22. The Morgan fingerprint density at radius 3 is 2.46 bits per heavy atom. The van der Waals surface area contributed by atoms with Gasteiger partial charge in [-0.3, -0.25) is 4.79 Å². The van der Waals surface area contributed by atoms with Crippen LogP contribution in [0.2, 0.25) is 5.02 Å². The molecule has 0 atom stereocenters. The van der Waals surface area contributed by atoms with Crippen LogP contribution >= 0.6 is 11.6 Å². The quantitative estimate of drug-likeness (QED) is 0.577. The van der Waals surface area contributed by atoms with E-state index in [0.717, 1.165) is 0 Å². The Hall–Kier alpha value is -2.98. The molecule has 1 heterocycles. The number of nitrogens with zero attached hydrogens (tertiary/aromatic N) is 2. The van der Waals surface area contributed by atoms with Crippen molar-refractivity contribution >= 4 is 28.5 Å². The van der Waals surface area contributed by atoms with Crippen molar-refractivity contribution in [3.8, 4) is 6.07 Å². The zero-order chi connectivity index (χ0) is 20.5. The molecule has 0 unspecified atom stereocenters. The number of hydrogen-bond acceptors (Lipinski definition) is 3. The SMILES string of the molecule is Cc1c(C(=O)N(Cc2ccc(C#N)cc2)CC(F)(F)F)oc2c(Cl)cccc12. The van der Waals surface area contributed by atoms with Crippen molar-refractivity contribution in [2.75, 3.05) is 6.54 Å². The van der Waals surface area contributed by atoms with E-state index in [1.54, 1.807) is 25.1 Å². The molecule has 2 aromatic carbocycles. The molecular formula is C20H14ClF3N2O2. The number of alkyl halides is 3. The minimum absolute atomic E-state index is 0.180. The second-order valence-corrected chi connectivity index (χ2v) is 6.67. The normalized spacial score (nSPS) is 11.4. The Kier molecular flexibility index (Phi) is 5.34. The highest BCUT2D eigenvalue weighted by Gasteiger charge is 2.35. The summed E-state index contributed by atoms with van der Waals surface area (Å²) in [6.07, 6.45) is -4.58. The molecule has 4 nitrogen and oxygen atoms in total. The summed E-state index contributed by atoms with van der Waals surface area (Å²) in [4.78, 5) is 13.6. The molecule has 1 aromatic heterocycles. The molecule has 8 heteroatoms. The van der Waals surface area contributed by atoms with Gasteiger partial charge in [0, 0.05) is 17.5 Å². The second kappa shape index (κ2) is 7.56. The highest BCUT2D eigenvalue weighted by atomic mass is 35.5. The number of amides is 1. The van der Waals surface area contributed by atoms with Crippen LogP contribution in [0.4, 0.5) is 13.2 Å². The lowest BCUT2D eigenvalue weighted by atomic mass is 10.1. The molecule has 0 spiro atoms. The van der Waals surface area contributed by atoms with Crippen LogP contribution in [0.3, 0.4) is 0 Å². The lowest BCUT2D eigenvalue weighted by molar-refractivity contribution is -0.141. The minimum Gasteiger partial charge on any atom is -0.449 e. The van der Waals surface area contributed by atoms with Crippen molar-refractivity contribution in [3.05, 3.63) is 69.9 Å². The first kappa shape index (κ1) is 19.8. The molecule has 0 bridgehead atoms. The average Bonchev–Trinajstić information content (AvgIpc) is 2.98. The van der Waals surface area contributed by atoms with Crippen molar-refractivity contribution in [2.24, 2.45) is 0 Å². The molecule has 0 saturated carbocycles. The van der Waals surface area contributed by atoms with Crippen LogP contribution in [0.5, 0.6) is 0 Å². The van der Waals surface area contributed by atoms with Crippen molar-refractivity contribution in [1.29, 1.82) is 5.26 Å². The number of halogens is 4. The summed E-state index contributed by atoms with van der Waals surface area (Å²) in [5.41, 5.74) is 1.52. The molecule has 28 heavy (non-hydrogen) atoms. The van der Waals surface area contributed by atoms with Crippen LogP contribution in [0.1, 0.15) is 27.2 Å². The van der Waals surface area contributed by atoms with Gasteiger partial charge in [-0.25, -0.2) is 0 Å². The van der Waals surface area contributed by atoms with Crippen molar-refractivity contribution in [1.82, 2.24) is 4.90 Å². The molecule has 0 N–H and O–H groups in total. The highest BCUT2D eigenvalue weighted by Crippen LogP contribution is 2.32. The second-order valence-electron chi connectivity index (χ2n) is 6.26. The van der Waals surface area contributed by atoms with Gasteiger partial charge in [-0.05, 0) is 30.7 Å². The summed E-state index contributed by atoms with van der Waals surface area (Å²) in [7, 11) is 0. The van der Waals surface area contributed by atoms with Gasteiger partial charge < -0.3 is 9.32 Å². The zero-order valence-electron chi connectivity index (χ0n) is 14.7. The molecule has 0 fully saturated rings. The molecule has 0 aliphatic rings. The fourth-order valence-corrected chi connectivity index (χ4v) is 3.09. The predicted molar refractivity (Wildman–Crippen MR) is 97.9 cm³/mol. The van der Waals surface area contributed by atoms with E-state index in [2.05, 4.69) is 0 Å². The Labute approximate surface area is 163 Å². The van der Waals surface area contributed by atoms with Crippen LogP contribution in [0.15, 0.2) is 46.9 Å². The van der Waals surface area contributed by atoms with E-state index in [9.17, 15) is 18.0 Å². The Morgan fingerprint density at radius 2 is 1.89 bits per heavy atom. The molecule has 0 radical (unpaired) electrons. The molecule has 0 aliphatic carbocycles. The van der Waals surface area contributed by atoms with Crippen molar-refractivity contribution in [3.63, 3.8) is 0 Å². The monoisotopic (exact) mass is 406 g/mol. The summed E-state index contributed by atoms with van der Waals surface area (Å²) in [6.45, 7) is -0.118. The summed E-state index contributed by atoms with van der Waals surface area (Å²) in [6, 6.07) is 12.9. The van der Waals surface area contributed by atoms with Gasteiger partial charge in [-0.1, -0.05) is 35.9 Å². The van der Waals surface area contributed by atoms with Crippen molar-refractivity contribution in [2.45, 2.75) is 19.6 Å². The largest absolute Gasteiger partial charge is 0.449 e. The van der Waals surface area contributed by atoms with Crippen LogP contribution in [-0.2, 0) is 6.54 Å². The summed E-state index contributed by atoms with van der Waals surface area (Å²) >= 11 is 6.07. The lowest BCUT2D eigenvalue weighted by Gasteiger charge is -2.23. The van der Waals surface area contributed by atoms with E-state index in [1.165, 1.54) is 24.3 Å². The lowest BCUT2D eigenvalue weighted by Crippen LogP contribution is -2.38. The molecule has 1 amide bonds. The Morgan fingerprint density at radius 1 is 1.21 bits per heavy atom. The zero-order valence-corrected chi connectivity index (χ0v) is 15.4. The van der Waals surface area contributed by atoms with E-state index in [-0.39, 0.29) is 22.9 Å². The van der Waals surface area contributed by atoms with Crippen LogP contribution < -0.4 is 0 Å². The summed E-state index contributed by atoms with van der Waals surface area (Å²) < 4.78 is 44.8. The number of para-hydroxylation sites is 1. The summed E-state index contributed by atoms with van der Waals surface area (Å²) in [5, 5.41) is 9.68. The van der Waals surface area contributed by atoms with Crippen LogP contribution in [0, 0.1) is 18.3 Å². The number of furan rings is 1. The number of rotatable bonds is 4. The maximum Gasteiger partial charge on any atom is 0.406 e. The van der Waals surface area contributed by atoms with Gasteiger partial charge in [0.15, 0.2) is 11.3 Å². The number of carbonyl (C=O) groups is 1. The molecule has 3 aromatic rings. The van der Waals surface area contributed by atoms with Gasteiger partial charge in [0.2, 0.25) is 0 Å².